The summed E-state index contributed by atoms with van der Waals surface area (Å²) >= 11 is 6.55. The summed E-state index contributed by atoms with van der Waals surface area (Å²) < 4.78 is 43.5. The van der Waals surface area contributed by atoms with E-state index in [1.54, 1.807) is 24.3 Å². The Hall–Kier alpha value is -1.86. The highest BCUT2D eigenvalue weighted by atomic mass is 35.5. The lowest BCUT2D eigenvalue weighted by Crippen LogP contribution is -2.14. The number of nitrogens with one attached hydrogen (secondary N) is 1. The van der Waals surface area contributed by atoms with Crippen LogP contribution in [0.2, 0.25) is 5.02 Å². The van der Waals surface area contributed by atoms with Crippen LogP contribution in [-0.4, -0.2) is 18.8 Å². The van der Waals surface area contributed by atoms with E-state index >= 15 is 0 Å². The number of ether oxygens (including phenoxy) is 1. The van der Waals surface area contributed by atoms with Crippen molar-refractivity contribution in [2.24, 2.45) is 0 Å². The molecule has 2 aromatic carbocycles. The van der Waals surface area contributed by atoms with E-state index < -0.39 is 11.7 Å². The van der Waals surface area contributed by atoms with E-state index in [0.717, 1.165) is 17.8 Å². The van der Waals surface area contributed by atoms with Crippen LogP contribution in [0.15, 0.2) is 47.4 Å². The van der Waals surface area contributed by atoms with Crippen LogP contribution in [-0.2, 0) is 11.0 Å². The third-order valence-electron chi connectivity index (χ3n) is 2.97. The molecule has 24 heavy (non-hydrogen) atoms. The molecule has 0 aliphatic heterocycles. The number of benzene rings is 2. The average Bonchev–Trinajstić information content (AvgIpc) is 2.53. The molecular weight excluding hydrogens is 363 g/mol. The molecule has 3 nitrogen and oxygen atoms in total. The van der Waals surface area contributed by atoms with Gasteiger partial charge in [-0.2, -0.15) is 13.2 Å². The lowest BCUT2D eigenvalue weighted by atomic mass is 10.2. The van der Waals surface area contributed by atoms with Crippen molar-refractivity contribution >= 4 is 35.0 Å². The van der Waals surface area contributed by atoms with Crippen molar-refractivity contribution in [1.29, 1.82) is 0 Å². The third kappa shape index (κ3) is 5.07. The van der Waals surface area contributed by atoms with Crippen molar-refractivity contribution in [3.63, 3.8) is 0 Å². The molecule has 1 N–H and O–H groups in total. The van der Waals surface area contributed by atoms with Gasteiger partial charge in [0.2, 0.25) is 5.91 Å². The number of methoxy groups -OCH3 is 1. The van der Waals surface area contributed by atoms with E-state index in [2.05, 4.69) is 5.32 Å². The second-order valence-corrected chi connectivity index (χ2v) is 6.16. The van der Waals surface area contributed by atoms with Crippen LogP contribution in [0.25, 0.3) is 0 Å². The van der Waals surface area contributed by atoms with Gasteiger partial charge >= 0.3 is 6.18 Å². The van der Waals surface area contributed by atoms with Gasteiger partial charge < -0.3 is 10.1 Å². The van der Waals surface area contributed by atoms with Gasteiger partial charge in [-0.3, -0.25) is 4.79 Å². The molecule has 0 aliphatic carbocycles. The largest absolute Gasteiger partial charge is 0.497 e. The summed E-state index contributed by atoms with van der Waals surface area (Å²) in [7, 11) is 1.51. The topological polar surface area (TPSA) is 38.3 Å². The Labute approximate surface area is 146 Å². The molecule has 0 radical (unpaired) electrons. The molecule has 0 bridgehead atoms. The molecule has 0 unspecified atom stereocenters. The van der Waals surface area contributed by atoms with Gasteiger partial charge in [0.25, 0.3) is 0 Å². The zero-order chi connectivity index (χ0) is 17.7. The van der Waals surface area contributed by atoms with Crippen LogP contribution in [0.1, 0.15) is 5.56 Å². The highest BCUT2D eigenvalue weighted by Crippen LogP contribution is 2.37. The minimum atomic E-state index is -4.53. The first-order chi connectivity index (χ1) is 11.3. The van der Waals surface area contributed by atoms with E-state index in [9.17, 15) is 18.0 Å². The highest BCUT2D eigenvalue weighted by Gasteiger charge is 2.33. The second-order valence-electron chi connectivity index (χ2n) is 4.71. The van der Waals surface area contributed by atoms with E-state index in [1.165, 1.54) is 19.2 Å². The summed E-state index contributed by atoms with van der Waals surface area (Å²) in [5.74, 6) is 0.223. The predicted molar refractivity (Wildman–Crippen MR) is 88.8 cm³/mol. The Balaban J connectivity index is 1.99. The lowest BCUT2D eigenvalue weighted by Gasteiger charge is -2.11. The Morgan fingerprint density at radius 3 is 2.67 bits per heavy atom. The summed E-state index contributed by atoms with van der Waals surface area (Å²) in [5, 5.41) is 2.29. The monoisotopic (exact) mass is 375 g/mol. The molecule has 2 aromatic rings. The van der Waals surface area contributed by atoms with E-state index in [0.29, 0.717) is 16.3 Å². The zero-order valence-corrected chi connectivity index (χ0v) is 14.1. The van der Waals surface area contributed by atoms with Gasteiger partial charge in [0.05, 0.1) is 23.4 Å². The fourth-order valence-electron chi connectivity index (χ4n) is 1.86. The SMILES string of the molecule is COc1cccc(NC(=O)CSc2ccc(Cl)c(C(F)(F)F)c2)c1. The lowest BCUT2D eigenvalue weighted by molar-refractivity contribution is -0.137. The smallest absolute Gasteiger partial charge is 0.417 e. The van der Waals surface area contributed by atoms with Gasteiger partial charge in [0.15, 0.2) is 0 Å². The molecule has 1 amide bonds. The first-order valence-electron chi connectivity index (χ1n) is 6.73. The predicted octanol–water partition coefficient (Wildman–Crippen LogP) is 5.10. The van der Waals surface area contributed by atoms with Gasteiger partial charge in [-0.15, -0.1) is 11.8 Å². The van der Waals surface area contributed by atoms with Crippen LogP contribution < -0.4 is 10.1 Å². The number of hydrogen-bond donors (Lipinski definition) is 1. The molecular formula is C16H13ClF3NO2S. The maximum absolute atomic E-state index is 12.8. The van der Waals surface area contributed by atoms with Crippen LogP contribution in [0, 0.1) is 0 Å². The van der Waals surface area contributed by atoms with Gasteiger partial charge in [0.1, 0.15) is 5.75 Å². The summed E-state index contributed by atoms with van der Waals surface area (Å²) in [6, 6.07) is 10.3. The molecule has 0 aromatic heterocycles. The summed E-state index contributed by atoms with van der Waals surface area (Å²) in [5.41, 5.74) is -0.366. The van der Waals surface area contributed by atoms with Crippen molar-refractivity contribution in [3.8, 4) is 5.75 Å². The third-order valence-corrected chi connectivity index (χ3v) is 4.29. The standard InChI is InChI=1S/C16H13ClF3NO2S/c1-23-11-4-2-3-10(7-11)21-15(22)9-24-12-5-6-14(17)13(8-12)16(18,19)20/h2-8H,9H2,1H3,(H,21,22). The molecule has 0 saturated heterocycles. The number of halogens is 4. The minimum Gasteiger partial charge on any atom is -0.497 e. The Kier molecular flexibility index (Phi) is 6.01. The molecule has 0 fully saturated rings. The molecule has 8 heteroatoms. The van der Waals surface area contributed by atoms with Gasteiger partial charge in [-0.25, -0.2) is 0 Å². The number of rotatable bonds is 5. The van der Waals surface area contributed by atoms with Crippen LogP contribution in [0.3, 0.4) is 0 Å². The van der Waals surface area contributed by atoms with Crippen LogP contribution in [0.4, 0.5) is 18.9 Å². The molecule has 0 aliphatic rings. The zero-order valence-electron chi connectivity index (χ0n) is 12.5. The Morgan fingerprint density at radius 2 is 2.00 bits per heavy atom. The molecule has 0 saturated carbocycles. The fraction of sp³-hybridized carbons (Fsp3) is 0.188. The van der Waals surface area contributed by atoms with E-state index in [-0.39, 0.29) is 16.7 Å². The first kappa shape index (κ1) is 18.5. The number of carbonyl (C=O) groups excluding carboxylic acids is 1. The highest BCUT2D eigenvalue weighted by molar-refractivity contribution is 8.00. The van der Waals surface area contributed by atoms with Crippen molar-refractivity contribution in [2.45, 2.75) is 11.1 Å². The van der Waals surface area contributed by atoms with Crippen molar-refractivity contribution in [2.75, 3.05) is 18.2 Å². The quantitative estimate of drug-likeness (QED) is 0.739. The molecule has 0 heterocycles. The second kappa shape index (κ2) is 7.81. The summed E-state index contributed by atoms with van der Waals surface area (Å²) in [6.07, 6.45) is -4.53. The van der Waals surface area contributed by atoms with Crippen LogP contribution in [0.5, 0.6) is 5.75 Å². The minimum absolute atomic E-state index is 0.0316. The molecule has 128 valence electrons. The van der Waals surface area contributed by atoms with Crippen molar-refractivity contribution in [3.05, 3.63) is 53.1 Å². The van der Waals surface area contributed by atoms with E-state index in [1.807, 2.05) is 0 Å². The Morgan fingerprint density at radius 1 is 1.25 bits per heavy atom. The van der Waals surface area contributed by atoms with Crippen molar-refractivity contribution < 1.29 is 22.7 Å². The van der Waals surface area contributed by atoms with Crippen molar-refractivity contribution in [1.82, 2.24) is 0 Å². The van der Waals surface area contributed by atoms with Crippen LogP contribution >= 0.6 is 23.4 Å². The number of thioether (sulfide) groups is 1. The van der Waals surface area contributed by atoms with Gasteiger partial charge in [0, 0.05) is 16.6 Å². The normalized spacial score (nSPS) is 11.2. The van der Waals surface area contributed by atoms with Gasteiger partial charge in [-0.1, -0.05) is 17.7 Å². The summed E-state index contributed by atoms with van der Waals surface area (Å²) in [4.78, 5) is 12.2. The fourth-order valence-corrected chi connectivity index (χ4v) is 2.82. The molecule has 0 atom stereocenters. The Bertz CT molecular complexity index is 738. The molecule has 0 spiro atoms. The summed E-state index contributed by atoms with van der Waals surface area (Å²) in [6.45, 7) is 0. The van der Waals surface area contributed by atoms with Gasteiger partial charge in [-0.05, 0) is 30.3 Å². The maximum Gasteiger partial charge on any atom is 0.417 e. The first-order valence-corrected chi connectivity index (χ1v) is 8.09. The maximum atomic E-state index is 12.8. The number of hydrogen-bond acceptors (Lipinski definition) is 3. The number of anilines is 1. The number of carbonyl (C=O) groups is 1. The molecule has 2 rings (SSSR count). The average molecular weight is 376 g/mol. The number of amides is 1. The number of alkyl halides is 3. The van der Waals surface area contributed by atoms with E-state index in [4.69, 9.17) is 16.3 Å².